The average Bonchev–Trinajstić information content (AvgIpc) is 2.64. The van der Waals surface area contributed by atoms with Crippen LogP contribution in [0.2, 0.25) is 0 Å². The van der Waals surface area contributed by atoms with E-state index in [9.17, 15) is 0 Å². The Bertz CT molecular complexity index is 443. The van der Waals surface area contributed by atoms with Gasteiger partial charge in [-0.05, 0) is 24.5 Å². The Morgan fingerprint density at radius 2 is 1.93 bits per heavy atom. The molecule has 15 heavy (non-hydrogen) atoms. The average molecular weight is 202 g/mol. The topological polar surface area (TPSA) is 28.7 Å². The van der Waals surface area contributed by atoms with Crippen molar-refractivity contribution in [1.82, 2.24) is 10.2 Å². The van der Waals surface area contributed by atoms with Crippen LogP contribution >= 0.6 is 0 Å². The Labute approximate surface area is 90.7 Å². The van der Waals surface area contributed by atoms with Crippen molar-refractivity contribution in [3.63, 3.8) is 0 Å². The highest BCUT2D eigenvalue weighted by atomic mass is 15.1. The monoisotopic (exact) mass is 202 g/mol. The molecule has 2 nitrogen and oxygen atoms in total. The smallest absolute Gasteiger partial charge is 0.0926 e. The molecule has 1 aromatic heterocycles. The van der Waals surface area contributed by atoms with Gasteiger partial charge in [0.2, 0.25) is 0 Å². The summed E-state index contributed by atoms with van der Waals surface area (Å²) in [5.41, 5.74) is 3.85. The molecule has 0 spiro atoms. The van der Waals surface area contributed by atoms with Gasteiger partial charge in [-0.15, -0.1) is 0 Å². The first-order valence-electron chi connectivity index (χ1n) is 5.81. The van der Waals surface area contributed by atoms with Crippen molar-refractivity contribution in [3.8, 4) is 0 Å². The predicted molar refractivity (Wildman–Crippen MR) is 64.1 cm³/mol. The van der Waals surface area contributed by atoms with Crippen LogP contribution in [-0.2, 0) is 12.8 Å². The first-order valence-corrected chi connectivity index (χ1v) is 5.81. The normalized spacial score (nSPS) is 11.1. The second-order valence-electron chi connectivity index (χ2n) is 4.01. The highest BCUT2D eigenvalue weighted by Gasteiger charge is 2.08. The van der Waals surface area contributed by atoms with Crippen LogP contribution < -0.4 is 0 Å². The summed E-state index contributed by atoms with van der Waals surface area (Å²) in [6.45, 7) is 4.42. The number of nitrogens with zero attached hydrogens (tertiary/aromatic N) is 1. The first kappa shape index (κ1) is 10.2. The van der Waals surface area contributed by atoms with Gasteiger partial charge in [0.15, 0.2) is 0 Å². The largest absolute Gasteiger partial charge is 0.281 e. The molecule has 0 unspecified atom stereocenters. The molecule has 80 valence electrons. The minimum atomic E-state index is 1.09. The molecule has 2 aromatic rings. The van der Waals surface area contributed by atoms with Gasteiger partial charge in [0.05, 0.1) is 5.52 Å². The zero-order valence-electron chi connectivity index (χ0n) is 9.51. The second kappa shape index (κ2) is 4.47. The van der Waals surface area contributed by atoms with Crippen LogP contribution in [-0.4, -0.2) is 10.2 Å². The van der Waals surface area contributed by atoms with Gasteiger partial charge in [-0.1, -0.05) is 38.8 Å². The fourth-order valence-electron chi connectivity index (χ4n) is 2.12. The van der Waals surface area contributed by atoms with Crippen LogP contribution in [0.15, 0.2) is 18.2 Å². The molecular formula is C13H18N2. The minimum absolute atomic E-state index is 1.09. The van der Waals surface area contributed by atoms with E-state index >= 15 is 0 Å². The molecule has 2 rings (SSSR count). The van der Waals surface area contributed by atoms with E-state index in [1.807, 2.05) is 0 Å². The van der Waals surface area contributed by atoms with Gasteiger partial charge >= 0.3 is 0 Å². The van der Waals surface area contributed by atoms with E-state index in [1.165, 1.54) is 23.1 Å². The van der Waals surface area contributed by atoms with Crippen molar-refractivity contribution in [3.05, 3.63) is 29.5 Å². The predicted octanol–water partition coefficient (Wildman–Crippen LogP) is 3.47. The lowest BCUT2D eigenvalue weighted by molar-refractivity contribution is 0.870. The van der Waals surface area contributed by atoms with E-state index in [1.54, 1.807) is 0 Å². The molecule has 0 radical (unpaired) electrons. The minimum Gasteiger partial charge on any atom is -0.281 e. The molecule has 0 bridgehead atoms. The van der Waals surface area contributed by atoms with Gasteiger partial charge in [0.1, 0.15) is 0 Å². The van der Waals surface area contributed by atoms with Crippen LogP contribution in [0.3, 0.4) is 0 Å². The molecule has 1 heterocycles. The summed E-state index contributed by atoms with van der Waals surface area (Å²) in [4.78, 5) is 0. The summed E-state index contributed by atoms with van der Waals surface area (Å²) in [6, 6.07) is 6.41. The van der Waals surface area contributed by atoms with Crippen molar-refractivity contribution in [2.24, 2.45) is 0 Å². The van der Waals surface area contributed by atoms with E-state index < -0.39 is 0 Å². The van der Waals surface area contributed by atoms with Crippen LogP contribution in [0.4, 0.5) is 0 Å². The lowest BCUT2D eigenvalue weighted by atomic mass is 10.0. The van der Waals surface area contributed by atoms with Crippen molar-refractivity contribution >= 4 is 10.9 Å². The Balaban J connectivity index is 2.53. The number of rotatable bonds is 4. The summed E-state index contributed by atoms with van der Waals surface area (Å²) in [7, 11) is 0. The van der Waals surface area contributed by atoms with Gasteiger partial charge in [0, 0.05) is 11.1 Å². The van der Waals surface area contributed by atoms with Gasteiger partial charge in [-0.2, -0.15) is 5.10 Å². The van der Waals surface area contributed by atoms with Crippen molar-refractivity contribution < 1.29 is 0 Å². The third-order valence-corrected chi connectivity index (χ3v) is 2.76. The van der Waals surface area contributed by atoms with E-state index in [2.05, 4.69) is 42.2 Å². The maximum atomic E-state index is 4.36. The molecule has 0 amide bonds. The molecule has 0 aliphatic carbocycles. The number of hydrogen-bond donors (Lipinski definition) is 1. The summed E-state index contributed by atoms with van der Waals surface area (Å²) in [5.74, 6) is 0. The molecule has 1 N–H and O–H groups in total. The highest BCUT2D eigenvalue weighted by Crippen LogP contribution is 2.22. The van der Waals surface area contributed by atoms with E-state index in [4.69, 9.17) is 0 Å². The molecule has 0 fully saturated rings. The van der Waals surface area contributed by atoms with Gasteiger partial charge < -0.3 is 0 Å². The molecule has 0 aliphatic heterocycles. The lowest BCUT2D eigenvalue weighted by Crippen LogP contribution is -1.89. The number of hydrogen-bond acceptors (Lipinski definition) is 1. The molecule has 0 aliphatic rings. The van der Waals surface area contributed by atoms with Crippen molar-refractivity contribution in [1.29, 1.82) is 0 Å². The zero-order valence-corrected chi connectivity index (χ0v) is 9.51. The van der Waals surface area contributed by atoms with E-state index in [0.717, 1.165) is 24.8 Å². The van der Waals surface area contributed by atoms with Crippen LogP contribution in [0.25, 0.3) is 10.9 Å². The van der Waals surface area contributed by atoms with Crippen molar-refractivity contribution in [2.45, 2.75) is 39.5 Å². The third-order valence-electron chi connectivity index (χ3n) is 2.76. The van der Waals surface area contributed by atoms with Gasteiger partial charge in [-0.3, -0.25) is 5.10 Å². The number of nitrogens with one attached hydrogen (secondary N) is 1. The molecular weight excluding hydrogens is 184 g/mol. The van der Waals surface area contributed by atoms with Gasteiger partial charge in [0.25, 0.3) is 0 Å². The molecule has 1 aromatic carbocycles. The summed E-state index contributed by atoms with van der Waals surface area (Å²) in [6.07, 6.45) is 4.60. The Hall–Kier alpha value is -1.31. The molecule has 0 atom stereocenters. The van der Waals surface area contributed by atoms with Gasteiger partial charge in [-0.25, -0.2) is 0 Å². The van der Waals surface area contributed by atoms with Crippen LogP contribution in [0.1, 0.15) is 37.9 Å². The molecule has 2 heteroatoms. The molecule has 0 saturated carbocycles. The van der Waals surface area contributed by atoms with Crippen molar-refractivity contribution in [2.75, 3.05) is 0 Å². The number of fused-ring (bicyclic) bond motifs is 1. The third kappa shape index (κ3) is 1.89. The number of aryl methyl sites for hydroxylation is 2. The number of aromatic nitrogens is 2. The standard InChI is InChI=1S/C13H18N2/c1-3-6-10-8-5-9-12-13(10)11(7-4-2)14-15-12/h5,8-9H,3-4,6-7H2,1-2H3,(H,14,15). The maximum absolute atomic E-state index is 4.36. The first-order chi connectivity index (χ1) is 7.36. The summed E-state index contributed by atoms with van der Waals surface area (Å²) < 4.78 is 0. The summed E-state index contributed by atoms with van der Waals surface area (Å²) in [5, 5.41) is 8.88. The molecule has 0 saturated heterocycles. The Morgan fingerprint density at radius 1 is 1.13 bits per heavy atom. The quantitative estimate of drug-likeness (QED) is 0.808. The number of aromatic amines is 1. The fourth-order valence-corrected chi connectivity index (χ4v) is 2.12. The van der Waals surface area contributed by atoms with Crippen LogP contribution in [0.5, 0.6) is 0 Å². The number of benzene rings is 1. The lowest BCUT2D eigenvalue weighted by Gasteiger charge is -2.02. The maximum Gasteiger partial charge on any atom is 0.0926 e. The van der Waals surface area contributed by atoms with Crippen LogP contribution in [0, 0.1) is 0 Å². The number of H-pyrrole nitrogens is 1. The fraction of sp³-hybridized carbons (Fsp3) is 0.462. The second-order valence-corrected chi connectivity index (χ2v) is 4.01. The highest BCUT2D eigenvalue weighted by molar-refractivity contribution is 5.84. The zero-order chi connectivity index (χ0) is 10.7. The Kier molecular flexibility index (Phi) is 3.05. The Morgan fingerprint density at radius 3 is 2.67 bits per heavy atom. The van der Waals surface area contributed by atoms with E-state index in [-0.39, 0.29) is 0 Å². The van der Waals surface area contributed by atoms with E-state index in [0.29, 0.717) is 0 Å². The SMILES string of the molecule is CCCc1cccc2n[nH]c(CCC)c12. The summed E-state index contributed by atoms with van der Waals surface area (Å²) >= 11 is 0.